The van der Waals surface area contributed by atoms with E-state index in [1.165, 1.54) is 4.90 Å². The Kier molecular flexibility index (Phi) is 5.54. The molecule has 6 heteroatoms. The molecule has 0 saturated heterocycles. The number of carbonyl (C=O) groups excluding carboxylic acids is 3. The van der Waals surface area contributed by atoms with Gasteiger partial charge in [0.2, 0.25) is 0 Å². The second-order valence-corrected chi connectivity index (χ2v) is 6.75. The Labute approximate surface area is 158 Å². The molecule has 0 aliphatic carbocycles. The molecule has 0 saturated carbocycles. The maximum atomic E-state index is 12.6. The molecule has 6 nitrogen and oxygen atoms in total. The average Bonchev–Trinajstić information content (AvgIpc) is 2.91. The summed E-state index contributed by atoms with van der Waals surface area (Å²) in [7, 11) is 0. The summed E-state index contributed by atoms with van der Waals surface area (Å²) < 4.78 is 0. The molecular formula is C21H23N3O3. The highest BCUT2D eigenvalue weighted by Gasteiger charge is 2.34. The Balaban J connectivity index is 1.57. The molecule has 3 rings (SSSR count). The molecule has 0 bridgehead atoms. The van der Waals surface area contributed by atoms with E-state index in [1.54, 1.807) is 29.2 Å². The van der Waals surface area contributed by atoms with E-state index in [2.05, 4.69) is 5.32 Å². The predicted molar refractivity (Wildman–Crippen MR) is 102 cm³/mol. The van der Waals surface area contributed by atoms with E-state index in [9.17, 15) is 14.4 Å². The smallest absolute Gasteiger partial charge is 0.317 e. The van der Waals surface area contributed by atoms with Crippen LogP contribution in [0.3, 0.4) is 0 Å². The Bertz CT molecular complexity index is 814. The Morgan fingerprint density at radius 3 is 2.07 bits per heavy atom. The quantitative estimate of drug-likeness (QED) is 0.800. The fraction of sp³-hybridized carbons (Fsp3) is 0.286. The fourth-order valence-electron chi connectivity index (χ4n) is 3.09. The van der Waals surface area contributed by atoms with Gasteiger partial charge in [0.25, 0.3) is 11.8 Å². The zero-order valence-electron chi connectivity index (χ0n) is 15.5. The lowest BCUT2D eigenvalue weighted by molar-refractivity contribution is 0.0654. The average molecular weight is 365 g/mol. The molecular weight excluding hydrogens is 342 g/mol. The van der Waals surface area contributed by atoms with Crippen molar-refractivity contribution >= 4 is 17.8 Å². The number of imide groups is 1. The van der Waals surface area contributed by atoms with Gasteiger partial charge in [0.1, 0.15) is 0 Å². The summed E-state index contributed by atoms with van der Waals surface area (Å²) in [5, 5.41) is 2.82. The van der Waals surface area contributed by atoms with Crippen molar-refractivity contribution in [1.82, 2.24) is 15.1 Å². The summed E-state index contributed by atoms with van der Waals surface area (Å²) in [6.45, 7) is 4.76. The monoisotopic (exact) mass is 365 g/mol. The molecule has 140 valence electrons. The standard InChI is InChI=1S/C21H23N3O3/c1-15(2)24(14-16-8-4-3-5-9-16)21(27)22-12-13-23-19(25)17-10-6-7-11-18(17)20(23)26/h3-11,15H,12-14H2,1-2H3,(H,22,27). The van der Waals surface area contributed by atoms with Gasteiger partial charge < -0.3 is 10.2 Å². The summed E-state index contributed by atoms with van der Waals surface area (Å²) in [6.07, 6.45) is 0. The first kappa shape index (κ1) is 18.6. The first-order valence-electron chi connectivity index (χ1n) is 9.02. The van der Waals surface area contributed by atoms with Gasteiger partial charge in [-0.15, -0.1) is 0 Å². The van der Waals surface area contributed by atoms with Gasteiger partial charge in [-0.2, -0.15) is 0 Å². The molecule has 4 amide bonds. The Morgan fingerprint density at radius 2 is 1.52 bits per heavy atom. The van der Waals surface area contributed by atoms with Crippen molar-refractivity contribution < 1.29 is 14.4 Å². The van der Waals surface area contributed by atoms with Gasteiger partial charge in [-0.1, -0.05) is 42.5 Å². The van der Waals surface area contributed by atoms with Gasteiger partial charge in [0, 0.05) is 25.7 Å². The molecule has 27 heavy (non-hydrogen) atoms. The van der Waals surface area contributed by atoms with Crippen LogP contribution in [0.25, 0.3) is 0 Å². The van der Waals surface area contributed by atoms with Crippen molar-refractivity contribution in [3.63, 3.8) is 0 Å². The van der Waals surface area contributed by atoms with Crippen molar-refractivity contribution in [3.8, 4) is 0 Å². The highest BCUT2D eigenvalue weighted by Crippen LogP contribution is 2.21. The third-order valence-corrected chi connectivity index (χ3v) is 4.57. The van der Waals surface area contributed by atoms with Crippen molar-refractivity contribution in [3.05, 3.63) is 71.3 Å². The second-order valence-electron chi connectivity index (χ2n) is 6.75. The van der Waals surface area contributed by atoms with Gasteiger partial charge >= 0.3 is 6.03 Å². The number of benzene rings is 2. The molecule has 1 aliphatic rings. The minimum atomic E-state index is -0.310. The van der Waals surface area contributed by atoms with Crippen LogP contribution < -0.4 is 5.32 Å². The van der Waals surface area contributed by atoms with Crippen LogP contribution in [-0.4, -0.2) is 46.8 Å². The summed E-state index contributed by atoms with van der Waals surface area (Å²) in [5.41, 5.74) is 1.88. The van der Waals surface area contributed by atoms with Crippen LogP contribution in [0.5, 0.6) is 0 Å². The van der Waals surface area contributed by atoms with Crippen LogP contribution in [0.4, 0.5) is 4.79 Å². The van der Waals surface area contributed by atoms with E-state index >= 15 is 0 Å². The molecule has 0 fully saturated rings. The third-order valence-electron chi connectivity index (χ3n) is 4.57. The van der Waals surface area contributed by atoms with Crippen LogP contribution in [0.2, 0.25) is 0 Å². The summed E-state index contributed by atoms with van der Waals surface area (Å²) in [4.78, 5) is 40.2. The van der Waals surface area contributed by atoms with Gasteiger partial charge in [0.05, 0.1) is 11.1 Å². The minimum absolute atomic E-state index is 0.0181. The van der Waals surface area contributed by atoms with Crippen LogP contribution >= 0.6 is 0 Å². The lowest BCUT2D eigenvalue weighted by Gasteiger charge is -2.27. The van der Waals surface area contributed by atoms with Crippen molar-refractivity contribution in [2.24, 2.45) is 0 Å². The second kappa shape index (κ2) is 8.03. The van der Waals surface area contributed by atoms with Crippen LogP contribution in [0, 0.1) is 0 Å². The lowest BCUT2D eigenvalue weighted by Crippen LogP contribution is -2.46. The van der Waals surface area contributed by atoms with Crippen LogP contribution in [-0.2, 0) is 6.54 Å². The van der Waals surface area contributed by atoms with Crippen LogP contribution in [0.15, 0.2) is 54.6 Å². The number of hydrogen-bond donors (Lipinski definition) is 1. The third kappa shape index (κ3) is 4.00. The number of carbonyl (C=O) groups is 3. The van der Waals surface area contributed by atoms with Gasteiger partial charge in [-0.05, 0) is 31.5 Å². The number of rotatable bonds is 6. The van der Waals surface area contributed by atoms with E-state index in [-0.39, 0.29) is 37.0 Å². The largest absolute Gasteiger partial charge is 0.336 e. The zero-order valence-corrected chi connectivity index (χ0v) is 15.5. The van der Waals surface area contributed by atoms with E-state index in [4.69, 9.17) is 0 Å². The van der Waals surface area contributed by atoms with Crippen molar-refractivity contribution in [2.75, 3.05) is 13.1 Å². The van der Waals surface area contributed by atoms with E-state index < -0.39 is 0 Å². The first-order chi connectivity index (χ1) is 13.0. The van der Waals surface area contributed by atoms with E-state index in [0.29, 0.717) is 17.7 Å². The van der Waals surface area contributed by atoms with Crippen LogP contribution in [0.1, 0.15) is 40.1 Å². The number of fused-ring (bicyclic) bond motifs is 1. The zero-order chi connectivity index (χ0) is 19.4. The highest BCUT2D eigenvalue weighted by molar-refractivity contribution is 6.21. The molecule has 1 N–H and O–H groups in total. The molecule has 0 atom stereocenters. The highest BCUT2D eigenvalue weighted by atomic mass is 16.2. The normalized spacial score (nSPS) is 13.1. The maximum Gasteiger partial charge on any atom is 0.317 e. The number of urea groups is 1. The maximum absolute atomic E-state index is 12.6. The molecule has 2 aromatic rings. The Hall–Kier alpha value is -3.15. The molecule has 0 spiro atoms. The lowest BCUT2D eigenvalue weighted by atomic mass is 10.1. The predicted octanol–water partition coefficient (Wildman–Crippen LogP) is 2.90. The fourth-order valence-corrected chi connectivity index (χ4v) is 3.09. The minimum Gasteiger partial charge on any atom is -0.336 e. The molecule has 2 aromatic carbocycles. The summed E-state index contributed by atoms with van der Waals surface area (Å²) in [6, 6.07) is 16.3. The van der Waals surface area contributed by atoms with Crippen molar-refractivity contribution in [2.45, 2.75) is 26.4 Å². The molecule has 0 aromatic heterocycles. The topological polar surface area (TPSA) is 69.7 Å². The SMILES string of the molecule is CC(C)N(Cc1ccccc1)C(=O)NCCN1C(=O)c2ccccc2C1=O. The molecule has 1 heterocycles. The number of nitrogens with zero attached hydrogens (tertiary/aromatic N) is 2. The summed E-state index contributed by atoms with van der Waals surface area (Å²) >= 11 is 0. The van der Waals surface area contributed by atoms with Gasteiger partial charge in [-0.3, -0.25) is 14.5 Å². The summed E-state index contributed by atoms with van der Waals surface area (Å²) in [5.74, 6) is -0.621. The Morgan fingerprint density at radius 1 is 0.963 bits per heavy atom. The van der Waals surface area contributed by atoms with E-state index in [0.717, 1.165) is 5.56 Å². The van der Waals surface area contributed by atoms with Gasteiger partial charge in [-0.25, -0.2) is 4.79 Å². The number of hydrogen-bond acceptors (Lipinski definition) is 3. The molecule has 0 radical (unpaired) electrons. The first-order valence-corrected chi connectivity index (χ1v) is 9.02. The molecule has 1 aliphatic heterocycles. The number of nitrogens with one attached hydrogen (secondary N) is 1. The van der Waals surface area contributed by atoms with E-state index in [1.807, 2.05) is 44.2 Å². The van der Waals surface area contributed by atoms with Gasteiger partial charge in [0.15, 0.2) is 0 Å². The molecule has 0 unspecified atom stereocenters. The number of amides is 4. The van der Waals surface area contributed by atoms with Crippen molar-refractivity contribution in [1.29, 1.82) is 0 Å².